The largest absolute Gasteiger partial charge is 0.399 e. The molecule has 0 radical (unpaired) electrons. The molecule has 0 unspecified atom stereocenters. The van der Waals surface area contributed by atoms with Gasteiger partial charge in [0, 0.05) is 16.4 Å². The summed E-state index contributed by atoms with van der Waals surface area (Å²) in [5, 5.41) is 1.76. The molecule has 0 atom stereocenters. The summed E-state index contributed by atoms with van der Waals surface area (Å²) >= 11 is 4.92. The van der Waals surface area contributed by atoms with Crippen LogP contribution in [0.1, 0.15) is 5.56 Å². The van der Waals surface area contributed by atoms with Gasteiger partial charge in [-0.1, -0.05) is 0 Å². The van der Waals surface area contributed by atoms with Gasteiger partial charge in [0.1, 0.15) is 5.03 Å². The highest BCUT2D eigenvalue weighted by molar-refractivity contribution is 9.10. The van der Waals surface area contributed by atoms with Crippen molar-refractivity contribution in [2.45, 2.75) is 17.1 Å². The molecule has 3 N–H and O–H groups in total. The highest BCUT2D eigenvalue weighted by atomic mass is 79.9. The predicted octanol–water partition coefficient (Wildman–Crippen LogP) is 3.76. The maximum Gasteiger partial charge on any atom is 0.172 e. The number of aromatic amines is 1. The van der Waals surface area contributed by atoms with Crippen LogP contribution in [0.3, 0.4) is 0 Å². The van der Waals surface area contributed by atoms with Gasteiger partial charge in [0.05, 0.1) is 11.0 Å². The van der Waals surface area contributed by atoms with E-state index in [2.05, 4.69) is 30.9 Å². The van der Waals surface area contributed by atoms with Crippen LogP contribution in [0.4, 0.5) is 5.69 Å². The minimum absolute atomic E-state index is 0.727. The second-order valence-electron chi connectivity index (χ2n) is 4.20. The van der Waals surface area contributed by atoms with Gasteiger partial charge in [0.2, 0.25) is 0 Å². The number of H-pyrrole nitrogens is 1. The summed E-state index contributed by atoms with van der Waals surface area (Å²) < 4.78 is 0.978. The van der Waals surface area contributed by atoms with Crippen LogP contribution in [0.5, 0.6) is 0 Å². The third kappa shape index (κ3) is 2.59. The van der Waals surface area contributed by atoms with Crippen molar-refractivity contribution in [1.29, 1.82) is 0 Å². The van der Waals surface area contributed by atoms with Crippen molar-refractivity contribution >= 4 is 44.4 Å². The number of aryl methyl sites for hydroxylation is 1. The Labute approximate surface area is 123 Å². The van der Waals surface area contributed by atoms with Crippen LogP contribution in [-0.4, -0.2) is 15.0 Å². The van der Waals surface area contributed by atoms with Gasteiger partial charge in [-0.2, -0.15) is 0 Å². The highest BCUT2D eigenvalue weighted by Crippen LogP contribution is 2.29. The van der Waals surface area contributed by atoms with Crippen LogP contribution in [0.25, 0.3) is 11.0 Å². The standard InChI is InChI=1S/C13H11BrN4S/c1-7-4-8(14)6-16-12(7)19-13-17-10-3-2-9(15)5-11(10)18-13/h2-6H,15H2,1H3,(H,17,18). The Bertz CT molecular complexity index is 753. The number of benzene rings is 1. The van der Waals surface area contributed by atoms with Gasteiger partial charge in [0.15, 0.2) is 5.16 Å². The second kappa shape index (κ2) is 4.86. The molecule has 0 aliphatic carbocycles. The van der Waals surface area contributed by atoms with Gasteiger partial charge in [-0.25, -0.2) is 9.97 Å². The normalized spacial score (nSPS) is 11.1. The predicted molar refractivity (Wildman–Crippen MR) is 81.3 cm³/mol. The average molecular weight is 335 g/mol. The fraction of sp³-hybridized carbons (Fsp3) is 0.0769. The number of hydrogen-bond donors (Lipinski definition) is 2. The Morgan fingerprint density at radius 1 is 1.32 bits per heavy atom. The van der Waals surface area contributed by atoms with Crippen LogP contribution < -0.4 is 5.73 Å². The van der Waals surface area contributed by atoms with Crippen molar-refractivity contribution in [1.82, 2.24) is 15.0 Å². The summed E-state index contributed by atoms with van der Waals surface area (Å²) in [4.78, 5) is 12.2. The van der Waals surface area contributed by atoms with Crippen LogP contribution in [-0.2, 0) is 0 Å². The number of pyridine rings is 1. The van der Waals surface area contributed by atoms with Crippen molar-refractivity contribution in [2.75, 3.05) is 5.73 Å². The molecular formula is C13H11BrN4S. The van der Waals surface area contributed by atoms with Gasteiger partial charge >= 0.3 is 0 Å². The molecule has 2 aromatic heterocycles. The number of nitrogens with one attached hydrogen (secondary N) is 1. The maximum atomic E-state index is 5.75. The Kier molecular flexibility index (Phi) is 3.20. The summed E-state index contributed by atoms with van der Waals surface area (Å²) in [7, 11) is 0. The molecule has 19 heavy (non-hydrogen) atoms. The van der Waals surface area contributed by atoms with Crippen molar-refractivity contribution in [3.05, 3.63) is 40.5 Å². The lowest BCUT2D eigenvalue weighted by molar-refractivity contribution is 1.03. The first-order chi connectivity index (χ1) is 9.11. The van der Waals surface area contributed by atoms with Gasteiger partial charge in [-0.05, 0) is 64.4 Å². The molecule has 3 rings (SSSR count). The number of nitrogens with two attached hydrogens (primary N) is 1. The van der Waals surface area contributed by atoms with E-state index < -0.39 is 0 Å². The average Bonchev–Trinajstić information content (AvgIpc) is 2.74. The van der Waals surface area contributed by atoms with Gasteiger partial charge in [-0.15, -0.1) is 0 Å². The number of anilines is 1. The summed E-state index contributed by atoms with van der Waals surface area (Å²) in [6.45, 7) is 2.03. The fourth-order valence-corrected chi connectivity index (χ4v) is 3.04. The lowest BCUT2D eigenvalue weighted by Crippen LogP contribution is -1.86. The van der Waals surface area contributed by atoms with Crippen LogP contribution >= 0.6 is 27.7 Å². The second-order valence-corrected chi connectivity index (χ2v) is 6.09. The molecule has 3 aromatic rings. The number of fused-ring (bicyclic) bond motifs is 1. The third-order valence-corrected chi connectivity index (χ3v) is 4.12. The van der Waals surface area contributed by atoms with E-state index in [0.717, 1.165) is 36.9 Å². The molecule has 0 spiro atoms. The third-order valence-electron chi connectivity index (χ3n) is 2.67. The summed E-state index contributed by atoms with van der Waals surface area (Å²) in [6, 6.07) is 7.68. The smallest absolute Gasteiger partial charge is 0.172 e. The summed E-state index contributed by atoms with van der Waals surface area (Å²) in [6.07, 6.45) is 1.79. The van der Waals surface area contributed by atoms with Crippen molar-refractivity contribution in [3.63, 3.8) is 0 Å². The molecule has 4 nitrogen and oxygen atoms in total. The first-order valence-electron chi connectivity index (χ1n) is 5.67. The first-order valence-corrected chi connectivity index (χ1v) is 7.28. The van der Waals surface area contributed by atoms with Crippen molar-refractivity contribution in [3.8, 4) is 0 Å². The minimum atomic E-state index is 0.727. The van der Waals surface area contributed by atoms with Gasteiger partial charge < -0.3 is 10.7 Å². The molecule has 0 saturated carbocycles. The quantitative estimate of drug-likeness (QED) is 0.700. The number of hydrogen-bond acceptors (Lipinski definition) is 4. The monoisotopic (exact) mass is 334 g/mol. The lowest BCUT2D eigenvalue weighted by atomic mass is 10.3. The molecular weight excluding hydrogens is 324 g/mol. The van der Waals surface area contributed by atoms with Crippen LogP contribution in [0.2, 0.25) is 0 Å². The number of imidazole rings is 1. The molecule has 96 valence electrons. The number of nitrogen functional groups attached to an aromatic ring is 1. The lowest BCUT2D eigenvalue weighted by Gasteiger charge is -2.01. The highest BCUT2D eigenvalue weighted by Gasteiger charge is 2.08. The molecule has 0 aliphatic rings. The van der Waals surface area contributed by atoms with E-state index in [9.17, 15) is 0 Å². The Balaban J connectivity index is 1.96. The Morgan fingerprint density at radius 2 is 2.16 bits per heavy atom. The topological polar surface area (TPSA) is 67.6 Å². The van der Waals surface area contributed by atoms with Crippen molar-refractivity contribution in [2.24, 2.45) is 0 Å². The molecule has 2 heterocycles. The zero-order valence-electron chi connectivity index (χ0n) is 10.1. The molecule has 0 bridgehead atoms. The summed E-state index contributed by atoms with van der Waals surface area (Å²) in [5.74, 6) is 0. The number of aromatic nitrogens is 3. The Hall–Kier alpha value is -1.53. The van der Waals surface area contributed by atoms with Crippen LogP contribution in [0.15, 0.2) is 45.1 Å². The number of halogens is 1. The zero-order valence-corrected chi connectivity index (χ0v) is 12.5. The van der Waals surface area contributed by atoms with E-state index in [4.69, 9.17) is 5.73 Å². The molecule has 0 fully saturated rings. The number of nitrogens with zero attached hydrogens (tertiary/aromatic N) is 2. The van der Waals surface area contributed by atoms with Gasteiger partial charge in [0.25, 0.3) is 0 Å². The van der Waals surface area contributed by atoms with E-state index in [1.54, 1.807) is 6.20 Å². The van der Waals surface area contributed by atoms with E-state index in [1.165, 1.54) is 11.8 Å². The molecule has 0 amide bonds. The first kappa shape index (κ1) is 12.5. The van der Waals surface area contributed by atoms with E-state index in [-0.39, 0.29) is 0 Å². The summed E-state index contributed by atoms with van der Waals surface area (Å²) in [5.41, 5.74) is 9.44. The van der Waals surface area contributed by atoms with Gasteiger partial charge in [-0.3, -0.25) is 0 Å². The molecule has 1 aromatic carbocycles. The number of rotatable bonds is 2. The van der Waals surface area contributed by atoms with E-state index >= 15 is 0 Å². The zero-order chi connectivity index (χ0) is 13.4. The maximum absolute atomic E-state index is 5.75. The Morgan fingerprint density at radius 3 is 2.95 bits per heavy atom. The van der Waals surface area contributed by atoms with E-state index in [0.29, 0.717) is 0 Å². The fourth-order valence-electron chi connectivity index (χ4n) is 1.78. The molecule has 6 heteroatoms. The minimum Gasteiger partial charge on any atom is -0.399 e. The van der Waals surface area contributed by atoms with Crippen LogP contribution in [0, 0.1) is 6.92 Å². The SMILES string of the molecule is Cc1cc(Br)cnc1Sc1nc2ccc(N)cc2[nH]1. The molecule has 0 saturated heterocycles. The van der Waals surface area contributed by atoms with Crippen molar-refractivity contribution < 1.29 is 0 Å². The van der Waals surface area contributed by atoms with E-state index in [1.807, 2.05) is 31.2 Å². The molecule has 0 aliphatic heterocycles.